The maximum atomic E-state index is 4.74. The van der Waals surface area contributed by atoms with Crippen LogP contribution in [0, 0.1) is 6.92 Å². The van der Waals surface area contributed by atoms with Gasteiger partial charge in [-0.05, 0) is 20.3 Å². The van der Waals surface area contributed by atoms with Crippen molar-refractivity contribution < 1.29 is 0 Å². The summed E-state index contributed by atoms with van der Waals surface area (Å²) >= 11 is 0. The highest BCUT2D eigenvalue weighted by Gasteiger charge is 2.12. The van der Waals surface area contributed by atoms with Gasteiger partial charge in [-0.3, -0.25) is 0 Å². The lowest BCUT2D eigenvalue weighted by Crippen LogP contribution is -2.02. The van der Waals surface area contributed by atoms with Crippen molar-refractivity contribution in [2.45, 2.75) is 27.2 Å². The second-order valence-corrected chi connectivity index (χ2v) is 6.09. The lowest BCUT2D eigenvalue weighted by atomic mass is 10.1. The van der Waals surface area contributed by atoms with Gasteiger partial charge in [0.2, 0.25) is 0 Å². The first-order chi connectivity index (χ1) is 12.7. The molecular weight excluding hydrogens is 318 g/mol. The van der Waals surface area contributed by atoms with E-state index in [-0.39, 0.29) is 0 Å². The standard InChI is InChI=1S/C23H23N3/c1-4-6-10-18(5-2)21-24-22(19-11-8-7-9-12-19)26-23(25-21)20-15-13-17(3)14-16-20/h5-16H,4H2,1-3H3/b10-6-,18-5+. The Morgan fingerprint density at radius 1 is 0.846 bits per heavy atom. The molecule has 0 amide bonds. The molecule has 0 atom stereocenters. The van der Waals surface area contributed by atoms with Crippen LogP contribution in [0.25, 0.3) is 28.3 Å². The van der Waals surface area contributed by atoms with Gasteiger partial charge in [-0.1, -0.05) is 85.3 Å². The van der Waals surface area contributed by atoms with Gasteiger partial charge in [-0.15, -0.1) is 0 Å². The second-order valence-electron chi connectivity index (χ2n) is 6.09. The number of rotatable bonds is 5. The van der Waals surface area contributed by atoms with Crippen molar-refractivity contribution in [3.05, 3.63) is 84.2 Å². The average Bonchev–Trinajstić information content (AvgIpc) is 2.69. The van der Waals surface area contributed by atoms with Gasteiger partial charge in [0.15, 0.2) is 17.5 Å². The van der Waals surface area contributed by atoms with E-state index in [1.165, 1.54) is 5.56 Å². The molecule has 130 valence electrons. The van der Waals surface area contributed by atoms with E-state index in [2.05, 4.69) is 50.3 Å². The average molecular weight is 341 g/mol. The van der Waals surface area contributed by atoms with E-state index in [9.17, 15) is 0 Å². The van der Waals surface area contributed by atoms with Crippen LogP contribution < -0.4 is 0 Å². The molecule has 3 aromatic rings. The molecule has 0 unspecified atom stereocenters. The summed E-state index contributed by atoms with van der Waals surface area (Å²) in [5.41, 5.74) is 4.19. The van der Waals surface area contributed by atoms with Gasteiger partial charge in [0.05, 0.1) is 0 Å². The van der Waals surface area contributed by atoms with Crippen molar-refractivity contribution in [3.8, 4) is 22.8 Å². The highest BCUT2D eigenvalue weighted by molar-refractivity contribution is 5.72. The molecule has 0 fully saturated rings. The molecule has 2 aromatic carbocycles. The molecule has 3 heteroatoms. The van der Waals surface area contributed by atoms with E-state index in [0.717, 1.165) is 23.1 Å². The van der Waals surface area contributed by atoms with Crippen LogP contribution >= 0.6 is 0 Å². The highest BCUT2D eigenvalue weighted by atomic mass is 15.0. The predicted octanol–water partition coefficient (Wildman–Crippen LogP) is 5.88. The number of aryl methyl sites for hydroxylation is 1. The van der Waals surface area contributed by atoms with Gasteiger partial charge in [0.25, 0.3) is 0 Å². The van der Waals surface area contributed by atoms with E-state index in [1.54, 1.807) is 0 Å². The number of nitrogens with zero attached hydrogens (tertiary/aromatic N) is 3. The molecule has 26 heavy (non-hydrogen) atoms. The lowest BCUT2D eigenvalue weighted by molar-refractivity contribution is 1.04. The Morgan fingerprint density at radius 3 is 2.04 bits per heavy atom. The van der Waals surface area contributed by atoms with Crippen LogP contribution in [-0.4, -0.2) is 15.0 Å². The van der Waals surface area contributed by atoms with Crippen LogP contribution in [0.4, 0.5) is 0 Å². The Kier molecular flexibility index (Phi) is 5.69. The predicted molar refractivity (Wildman–Crippen MR) is 109 cm³/mol. The minimum Gasteiger partial charge on any atom is -0.208 e. The molecule has 0 bridgehead atoms. The molecular formula is C23H23N3. The first kappa shape index (κ1) is 17.7. The molecule has 0 saturated carbocycles. The Labute approximate surface area is 155 Å². The summed E-state index contributed by atoms with van der Waals surface area (Å²) in [7, 11) is 0. The van der Waals surface area contributed by atoms with E-state index in [1.807, 2.05) is 43.3 Å². The molecule has 0 aliphatic rings. The zero-order valence-electron chi connectivity index (χ0n) is 15.5. The Morgan fingerprint density at radius 2 is 1.46 bits per heavy atom. The van der Waals surface area contributed by atoms with Gasteiger partial charge in [-0.25, -0.2) is 15.0 Å². The number of hydrogen-bond donors (Lipinski definition) is 0. The van der Waals surface area contributed by atoms with Crippen LogP contribution in [0.15, 0.2) is 72.8 Å². The molecule has 1 aromatic heterocycles. The normalized spacial score (nSPS) is 11.9. The number of hydrogen-bond acceptors (Lipinski definition) is 3. The first-order valence-corrected chi connectivity index (χ1v) is 8.93. The Balaban J connectivity index is 2.16. The van der Waals surface area contributed by atoms with Crippen LogP contribution in [0.2, 0.25) is 0 Å². The van der Waals surface area contributed by atoms with Gasteiger partial charge < -0.3 is 0 Å². The van der Waals surface area contributed by atoms with Gasteiger partial charge in [-0.2, -0.15) is 0 Å². The maximum Gasteiger partial charge on any atom is 0.164 e. The summed E-state index contributed by atoms with van der Waals surface area (Å²) in [5.74, 6) is 2.08. The van der Waals surface area contributed by atoms with Crippen molar-refractivity contribution in [2.24, 2.45) is 0 Å². The van der Waals surface area contributed by atoms with Crippen LogP contribution in [0.5, 0.6) is 0 Å². The van der Waals surface area contributed by atoms with Gasteiger partial charge >= 0.3 is 0 Å². The summed E-state index contributed by atoms with van der Waals surface area (Å²) in [5, 5.41) is 0. The summed E-state index contributed by atoms with van der Waals surface area (Å²) in [6, 6.07) is 18.3. The highest BCUT2D eigenvalue weighted by Crippen LogP contribution is 2.23. The molecule has 0 saturated heterocycles. The maximum absolute atomic E-state index is 4.74. The Bertz CT molecular complexity index is 923. The minimum atomic E-state index is 0.690. The monoisotopic (exact) mass is 341 g/mol. The van der Waals surface area contributed by atoms with Gasteiger partial charge in [0, 0.05) is 16.7 Å². The van der Waals surface area contributed by atoms with Gasteiger partial charge in [0.1, 0.15) is 0 Å². The fourth-order valence-electron chi connectivity index (χ4n) is 2.60. The summed E-state index contributed by atoms with van der Waals surface area (Å²) in [6.07, 6.45) is 7.20. The minimum absolute atomic E-state index is 0.690. The topological polar surface area (TPSA) is 38.7 Å². The summed E-state index contributed by atoms with van der Waals surface area (Å²) in [4.78, 5) is 14.2. The van der Waals surface area contributed by atoms with Crippen LogP contribution in [0.3, 0.4) is 0 Å². The zero-order valence-corrected chi connectivity index (χ0v) is 15.5. The van der Waals surface area contributed by atoms with Crippen molar-refractivity contribution >= 4 is 5.57 Å². The van der Waals surface area contributed by atoms with E-state index < -0.39 is 0 Å². The molecule has 3 nitrogen and oxygen atoms in total. The molecule has 0 aliphatic heterocycles. The molecule has 0 aliphatic carbocycles. The van der Waals surface area contributed by atoms with Crippen molar-refractivity contribution in [3.63, 3.8) is 0 Å². The van der Waals surface area contributed by atoms with E-state index in [4.69, 9.17) is 15.0 Å². The van der Waals surface area contributed by atoms with E-state index in [0.29, 0.717) is 17.5 Å². The third kappa shape index (κ3) is 4.12. The van der Waals surface area contributed by atoms with Crippen LogP contribution in [0.1, 0.15) is 31.7 Å². The second kappa shape index (κ2) is 8.34. The third-order valence-corrected chi connectivity index (χ3v) is 4.08. The molecule has 0 N–H and O–H groups in total. The van der Waals surface area contributed by atoms with Crippen molar-refractivity contribution in [1.29, 1.82) is 0 Å². The molecule has 3 rings (SSSR count). The summed E-state index contributed by atoms with van der Waals surface area (Å²) < 4.78 is 0. The number of aromatic nitrogens is 3. The summed E-state index contributed by atoms with van der Waals surface area (Å²) in [6.45, 7) is 6.20. The quantitative estimate of drug-likeness (QED) is 0.544. The fourth-order valence-corrected chi connectivity index (χ4v) is 2.60. The number of allylic oxidation sites excluding steroid dienone is 4. The molecule has 0 radical (unpaired) electrons. The third-order valence-electron chi connectivity index (χ3n) is 4.08. The largest absolute Gasteiger partial charge is 0.208 e. The fraction of sp³-hybridized carbons (Fsp3) is 0.174. The molecule has 0 spiro atoms. The lowest BCUT2D eigenvalue weighted by Gasteiger charge is -2.09. The van der Waals surface area contributed by atoms with E-state index >= 15 is 0 Å². The SMILES string of the molecule is C/C=C(\C=C/CC)c1nc(-c2ccccc2)nc(-c2ccc(C)cc2)n1. The first-order valence-electron chi connectivity index (χ1n) is 8.93. The van der Waals surface area contributed by atoms with Crippen LogP contribution in [-0.2, 0) is 0 Å². The zero-order chi connectivity index (χ0) is 18.4. The smallest absolute Gasteiger partial charge is 0.164 e. The molecule has 1 heterocycles. The Hall–Kier alpha value is -3.07. The van der Waals surface area contributed by atoms with Crippen molar-refractivity contribution in [2.75, 3.05) is 0 Å². The van der Waals surface area contributed by atoms with Crippen molar-refractivity contribution in [1.82, 2.24) is 15.0 Å². The number of benzene rings is 2.